The quantitative estimate of drug-likeness (QED) is 0.868. The molecule has 2 aromatic carbocycles. The van der Waals surface area contributed by atoms with Gasteiger partial charge in [0.1, 0.15) is 11.9 Å². The standard InChI is InChI=1S/C19H23NO2/c1-3-14(2)20-13-12-17-15-8-4-5-9-16(15)21-18-10-6-7-11-19(18)22-17/h4-11,14,17,20H,3,12-13H2,1-2H3. The fourth-order valence-electron chi connectivity index (χ4n) is 2.63. The molecule has 2 unspecified atom stereocenters. The number of para-hydroxylation sites is 3. The summed E-state index contributed by atoms with van der Waals surface area (Å²) in [5.74, 6) is 2.49. The number of hydrogen-bond acceptors (Lipinski definition) is 3. The summed E-state index contributed by atoms with van der Waals surface area (Å²) in [6.45, 7) is 5.33. The molecule has 22 heavy (non-hydrogen) atoms. The van der Waals surface area contributed by atoms with Crippen molar-refractivity contribution in [3.8, 4) is 17.2 Å². The van der Waals surface area contributed by atoms with Crippen LogP contribution >= 0.6 is 0 Å². The maximum absolute atomic E-state index is 6.23. The zero-order valence-corrected chi connectivity index (χ0v) is 13.2. The summed E-state index contributed by atoms with van der Waals surface area (Å²) in [5, 5.41) is 3.53. The van der Waals surface area contributed by atoms with Crippen LogP contribution in [0.3, 0.4) is 0 Å². The smallest absolute Gasteiger partial charge is 0.169 e. The molecule has 0 radical (unpaired) electrons. The highest BCUT2D eigenvalue weighted by Crippen LogP contribution is 2.42. The van der Waals surface area contributed by atoms with E-state index in [4.69, 9.17) is 9.47 Å². The van der Waals surface area contributed by atoms with E-state index in [0.29, 0.717) is 6.04 Å². The Balaban J connectivity index is 1.82. The first-order valence-electron chi connectivity index (χ1n) is 8.03. The number of hydrogen-bond donors (Lipinski definition) is 1. The molecule has 0 fully saturated rings. The van der Waals surface area contributed by atoms with Gasteiger partial charge in [-0.2, -0.15) is 0 Å². The van der Waals surface area contributed by atoms with Crippen molar-refractivity contribution in [2.45, 2.75) is 38.8 Å². The lowest BCUT2D eigenvalue weighted by Gasteiger charge is -2.19. The number of benzene rings is 2. The van der Waals surface area contributed by atoms with Gasteiger partial charge in [0.25, 0.3) is 0 Å². The monoisotopic (exact) mass is 297 g/mol. The van der Waals surface area contributed by atoms with E-state index in [-0.39, 0.29) is 6.10 Å². The maximum Gasteiger partial charge on any atom is 0.169 e. The fraction of sp³-hybridized carbons (Fsp3) is 0.368. The van der Waals surface area contributed by atoms with Crippen molar-refractivity contribution in [3.63, 3.8) is 0 Å². The summed E-state index contributed by atoms with van der Waals surface area (Å²) in [6, 6.07) is 16.5. The fourth-order valence-corrected chi connectivity index (χ4v) is 2.63. The highest BCUT2D eigenvalue weighted by Gasteiger charge is 2.23. The van der Waals surface area contributed by atoms with Crippen LogP contribution in [-0.2, 0) is 0 Å². The molecule has 0 amide bonds. The second-order valence-corrected chi connectivity index (χ2v) is 5.75. The second-order valence-electron chi connectivity index (χ2n) is 5.75. The summed E-state index contributed by atoms with van der Waals surface area (Å²) in [7, 11) is 0. The van der Waals surface area contributed by atoms with Crippen LogP contribution in [0.1, 0.15) is 38.4 Å². The predicted molar refractivity (Wildman–Crippen MR) is 88.7 cm³/mol. The molecule has 0 saturated heterocycles. The van der Waals surface area contributed by atoms with Gasteiger partial charge in [-0.1, -0.05) is 37.3 Å². The Morgan fingerprint density at radius 3 is 2.45 bits per heavy atom. The van der Waals surface area contributed by atoms with Crippen LogP contribution in [0.4, 0.5) is 0 Å². The molecule has 0 saturated carbocycles. The van der Waals surface area contributed by atoms with Crippen molar-refractivity contribution in [3.05, 3.63) is 54.1 Å². The van der Waals surface area contributed by atoms with Crippen molar-refractivity contribution >= 4 is 0 Å². The third kappa shape index (κ3) is 3.25. The Morgan fingerprint density at radius 1 is 1.00 bits per heavy atom. The van der Waals surface area contributed by atoms with E-state index >= 15 is 0 Å². The highest BCUT2D eigenvalue weighted by molar-refractivity contribution is 5.48. The van der Waals surface area contributed by atoms with Gasteiger partial charge >= 0.3 is 0 Å². The molecule has 1 aliphatic heterocycles. The Bertz CT molecular complexity index is 626. The molecule has 2 aromatic rings. The largest absolute Gasteiger partial charge is 0.482 e. The normalized spacial score (nSPS) is 17.5. The minimum Gasteiger partial charge on any atom is -0.482 e. The molecule has 1 heterocycles. The van der Waals surface area contributed by atoms with Gasteiger partial charge in [0.15, 0.2) is 11.5 Å². The van der Waals surface area contributed by atoms with Gasteiger partial charge < -0.3 is 14.8 Å². The average molecular weight is 297 g/mol. The van der Waals surface area contributed by atoms with Crippen molar-refractivity contribution in [1.29, 1.82) is 0 Å². The molecule has 3 rings (SSSR count). The van der Waals surface area contributed by atoms with Gasteiger partial charge in [-0.3, -0.25) is 0 Å². The van der Waals surface area contributed by atoms with E-state index in [1.165, 1.54) is 0 Å². The highest BCUT2D eigenvalue weighted by atomic mass is 16.5. The van der Waals surface area contributed by atoms with Crippen LogP contribution in [0.2, 0.25) is 0 Å². The molecule has 0 bridgehead atoms. The summed E-state index contributed by atoms with van der Waals surface area (Å²) in [6.07, 6.45) is 2.06. The number of ether oxygens (including phenoxy) is 2. The summed E-state index contributed by atoms with van der Waals surface area (Å²) >= 11 is 0. The Morgan fingerprint density at radius 2 is 1.68 bits per heavy atom. The first-order valence-corrected chi connectivity index (χ1v) is 8.03. The minimum atomic E-state index is 0.0106. The zero-order valence-electron chi connectivity index (χ0n) is 13.2. The van der Waals surface area contributed by atoms with E-state index in [9.17, 15) is 0 Å². The van der Waals surface area contributed by atoms with Crippen LogP contribution in [0.25, 0.3) is 0 Å². The summed E-state index contributed by atoms with van der Waals surface area (Å²) in [5.41, 5.74) is 1.12. The zero-order chi connectivity index (χ0) is 15.4. The summed E-state index contributed by atoms with van der Waals surface area (Å²) in [4.78, 5) is 0. The maximum atomic E-state index is 6.23. The van der Waals surface area contributed by atoms with E-state index in [2.05, 4.69) is 25.2 Å². The van der Waals surface area contributed by atoms with Gasteiger partial charge in [-0.15, -0.1) is 0 Å². The molecule has 1 aliphatic rings. The molecule has 3 heteroatoms. The van der Waals surface area contributed by atoms with Crippen molar-refractivity contribution in [2.24, 2.45) is 0 Å². The Hall–Kier alpha value is -2.00. The van der Waals surface area contributed by atoms with Gasteiger partial charge in [-0.05, 0) is 38.1 Å². The van der Waals surface area contributed by atoms with Crippen molar-refractivity contribution in [1.82, 2.24) is 5.32 Å². The molecular weight excluding hydrogens is 274 g/mol. The van der Waals surface area contributed by atoms with E-state index < -0.39 is 0 Å². The lowest BCUT2D eigenvalue weighted by Crippen LogP contribution is -2.27. The molecule has 0 aromatic heterocycles. The minimum absolute atomic E-state index is 0.0106. The van der Waals surface area contributed by atoms with Crippen LogP contribution in [0, 0.1) is 0 Å². The van der Waals surface area contributed by atoms with Gasteiger partial charge in [0.05, 0.1) is 0 Å². The van der Waals surface area contributed by atoms with Crippen molar-refractivity contribution < 1.29 is 9.47 Å². The number of fused-ring (bicyclic) bond motifs is 2. The van der Waals surface area contributed by atoms with Gasteiger partial charge in [0, 0.05) is 18.0 Å². The Kier molecular flexibility index (Phi) is 4.64. The SMILES string of the molecule is CCC(C)NCCC1Oc2ccccc2Oc2ccccc21. The predicted octanol–water partition coefficient (Wildman–Crippen LogP) is 4.69. The first kappa shape index (κ1) is 14.9. The van der Waals surface area contributed by atoms with E-state index in [0.717, 1.165) is 42.2 Å². The van der Waals surface area contributed by atoms with Crippen LogP contribution in [-0.4, -0.2) is 12.6 Å². The molecule has 3 nitrogen and oxygen atoms in total. The molecule has 2 atom stereocenters. The molecular formula is C19H23NO2. The molecule has 116 valence electrons. The van der Waals surface area contributed by atoms with Crippen LogP contribution in [0.15, 0.2) is 48.5 Å². The average Bonchev–Trinajstić information content (AvgIpc) is 2.71. The van der Waals surface area contributed by atoms with Crippen molar-refractivity contribution in [2.75, 3.05) is 6.54 Å². The molecule has 1 N–H and O–H groups in total. The number of rotatable bonds is 5. The lowest BCUT2D eigenvalue weighted by atomic mass is 10.0. The van der Waals surface area contributed by atoms with E-state index in [1.54, 1.807) is 0 Å². The van der Waals surface area contributed by atoms with Gasteiger partial charge in [0.2, 0.25) is 0 Å². The third-order valence-corrected chi connectivity index (χ3v) is 4.12. The van der Waals surface area contributed by atoms with E-state index in [1.807, 2.05) is 42.5 Å². The van der Waals surface area contributed by atoms with Crippen LogP contribution in [0.5, 0.6) is 17.2 Å². The first-order chi connectivity index (χ1) is 10.8. The lowest BCUT2D eigenvalue weighted by molar-refractivity contribution is 0.194. The van der Waals surface area contributed by atoms with Crippen LogP contribution < -0.4 is 14.8 Å². The second kappa shape index (κ2) is 6.84. The third-order valence-electron chi connectivity index (χ3n) is 4.12. The van der Waals surface area contributed by atoms with Gasteiger partial charge in [-0.25, -0.2) is 0 Å². The Labute approximate surface area is 132 Å². The molecule has 0 spiro atoms. The molecule has 0 aliphatic carbocycles. The topological polar surface area (TPSA) is 30.5 Å². The summed E-state index contributed by atoms with van der Waals surface area (Å²) < 4.78 is 12.3. The number of nitrogens with one attached hydrogen (secondary N) is 1.